The van der Waals surface area contributed by atoms with Gasteiger partial charge in [-0.2, -0.15) is 8.78 Å². The molecule has 108 valence electrons. The molecule has 0 bridgehead atoms. The summed E-state index contributed by atoms with van der Waals surface area (Å²) in [7, 11) is -4.63. The third-order valence-corrected chi connectivity index (χ3v) is 4.66. The molecular weight excluding hydrogens is 355 g/mol. The number of hydrogen-bond acceptors (Lipinski definition) is 3. The van der Waals surface area contributed by atoms with Crippen LogP contribution in [-0.2, 0) is 10.6 Å². The monoisotopic (exact) mass is 362 g/mol. The van der Waals surface area contributed by atoms with Gasteiger partial charge >= 0.3 is 57.4 Å². The van der Waals surface area contributed by atoms with E-state index in [0.29, 0.717) is 6.20 Å². The minimum absolute atomic E-state index is 0. The molecule has 0 spiro atoms. The minimum atomic E-state index is -4.63. The summed E-state index contributed by atoms with van der Waals surface area (Å²) >= 11 is 4.77. The van der Waals surface area contributed by atoms with Gasteiger partial charge in [-0.1, -0.05) is 41.9 Å². The zero-order chi connectivity index (χ0) is 15.0. The van der Waals surface area contributed by atoms with E-state index < -0.39 is 24.6 Å². The van der Waals surface area contributed by atoms with Crippen LogP contribution in [0.3, 0.4) is 0 Å². The molecule has 21 heavy (non-hydrogen) atoms. The van der Waals surface area contributed by atoms with Crippen LogP contribution in [0.5, 0.6) is 0 Å². The standard InChI is InChI=1S/C11H9ClF3N2O2P.K/c12-9(13)11(14,15)17-7-6-16-10(17)20(18,19)8-4-2-1-3-5-8;/h1-7,9H,(H,18,19);/q;+1/p-1. The van der Waals surface area contributed by atoms with Gasteiger partial charge in [-0.15, -0.1) is 0 Å². The number of aromatic nitrogens is 2. The molecule has 2 rings (SSSR count). The Balaban J connectivity index is 0.00000220. The van der Waals surface area contributed by atoms with E-state index in [1.165, 1.54) is 24.3 Å². The van der Waals surface area contributed by atoms with Gasteiger partial charge in [0.1, 0.15) is 7.37 Å². The SMILES string of the molecule is O=P([O-])(c1ccccc1)c1nccn1C(F)(F)C(F)Cl.[K+]. The number of halogens is 4. The van der Waals surface area contributed by atoms with E-state index in [4.69, 9.17) is 11.6 Å². The molecule has 0 aliphatic rings. The average molecular weight is 363 g/mol. The van der Waals surface area contributed by atoms with Gasteiger partial charge < -0.3 is 9.46 Å². The fraction of sp³-hybridized carbons (Fsp3) is 0.182. The molecule has 0 aliphatic carbocycles. The molecule has 1 aromatic carbocycles. The van der Waals surface area contributed by atoms with E-state index in [0.717, 1.165) is 6.20 Å². The molecule has 0 aliphatic heterocycles. The van der Waals surface area contributed by atoms with Crippen LogP contribution in [-0.4, -0.2) is 15.2 Å². The fourth-order valence-corrected chi connectivity index (χ4v) is 3.19. The smallest absolute Gasteiger partial charge is 0.790 e. The van der Waals surface area contributed by atoms with E-state index in [9.17, 15) is 22.6 Å². The molecule has 0 fully saturated rings. The summed E-state index contributed by atoms with van der Waals surface area (Å²) in [5.41, 5.74) is -4.02. The van der Waals surface area contributed by atoms with E-state index in [-0.39, 0.29) is 61.3 Å². The summed E-state index contributed by atoms with van der Waals surface area (Å²) in [5.74, 6) is 0. The molecule has 0 saturated carbocycles. The van der Waals surface area contributed by atoms with E-state index in [1.807, 2.05) is 0 Å². The first-order valence-corrected chi connectivity index (χ1v) is 7.41. The second kappa shape index (κ2) is 7.27. The van der Waals surface area contributed by atoms with E-state index in [2.05, 4.69) is 4.98 Å². The van der Waals surface area contributed by atoms with Crippen LogP contribution in [0.25, 0.3) is 0 Å². The number of nitrogens with zero attached hydrogens (tertiary/aromatic N) is 2. The summed E-state index contributed by atoms with van der Waals surface area (Å²) in [5, 5.41) is -0.201. The van der Waals surface area contributed by atoms with Gasteiger partial charge in [-0.3, -0.25) is 4.57 Å². The predicted molar refractivity (Wildman–Crippen MR) is 66.5 cm³/mol. The zero-order valence-electron chi connectivity index (χ0n) is 10.8. The van der Waals surface area contributed by atoms with Crippen molar-refractivity contribution in [2.45, 2.75) is 11.7 Å². The number of rotatable bonds is 4. The van der Waals surface area contributed by atoms with Gasteiger partial charge in [0, 0.05) is 17.7 Å². The summed E-state index contributed by atoms with van der Waals surface area (Å²) in [6.45, 7) is 0. The first-order valence-electron chi connectivity index (χ1n) is 5.35. The Morgan fingerprint density at radius 1 is 1.33 bits per heavy atom. The topological polar surface area (TPSA) is 57.9 Å². The second-order valence-electron chi connectivity index (χ2n) is 3.87. The van der Waals surface area contributed by atoms with E-state index >= 15 is 0 Å². The summed E-state index contributed by atoms with van der Waals surface area (Å²) in [6, 6.07) is 2.69. The average Bonchev–Trinajstić information content (AvgIpc) is 2.90. The third kappa shape index (κ3) is 3.81. The molecular formula is C11H8ClF3KN2O2P. The Morgan fingerprint density at radius 3 is 2.43 bits per heavy atom. The largest absolute Gasteiger partial charge is 1.00 e. The second-order valence-corrected chi connectivity index (χ2v) is 6.28. The van der Waals surface area contributed by atoms with Crippen molar-refractivity contribution in [1.29, 1.82) is 0 Å². The number of hydrogen-bond donors (Lipinski definition) is 0. The molecule has 0 saturated heterocycles. The molecule has 1 heterocycles. The maximum atomic E-state index is 13.6. The Labute approximate surface area is 166 Å². The molecule has 4 nitrogen and oxygen atoms in total. The molecule has 10 heteroatoms. The maximum Gasteiger partial charge on any atom is 1.00 e. The minimum Gasteiger partial charge on any atom is -0.790 e. The molecule has 0 N–H and O–H groups in total. The number of imidazole rings is 1. The fourth-order valence-electron chi connectivity index (χ4n) is 1.59. The zero-order valence-corrected chi connectivity index (χ0v) is 15.6. The van der Waals surface area contributed by atoms with Gasteiger partial charge in [0.25, 0.3) is 5.63 Å². The van der Waals surface area contributed by atoms with Gasteiger partial charge in [0.05, 0.1) is 0 Å². The Hall–Kier alpha value is 0.336. The Kier molecular flexibility index (Phi) is 6.71. The summed E-state index contributed by atoms with van der Waals surface area (Å²) in [6.07, 6.45) is 1.51. The number of benzene rings is 1. The van der Waals surface area contributed by atoms with Crippen molar-refractivity contribution in [2.75, 3.05) is 0 Å². The van der Waals surface area contributed by atoms with Crippen LogP contribution in [0, 0.1) is 0 Å². The van der Waals surface area contributed by atoms with Gasteiger partial charge in [0.15, 0.2) is 5.57 Å². The van der Waals surface area contributed by atoms with Crippen LogP contribution in [0.1, 0.15) is 0 Å². The van der Waals surface area contributed by atoms with Crippen molar-refractivity contribution in [1.82, 2.24) is 9.55 Å². The molecule has 0 amide bonds. The van der Waals surface area contributed by atoms with Crippen LogP contribution < -0.4 is 67.1 Å². The van der Waals surface area contributed by atoms with Crippen molar-refractivity contribution >= 4 is 29.8 Å². The van der Waals surface area contributed by atoms with Crippen LogP contribution in [0.2, 0.25) is 0 Å². The van der Waals surface area contributed by atoms with Crippen molar-refractivity contribution in [3.63, 3.8) is 0 Å². The Morgan fingerprint density at radius 2 is 1.90 bits per heavy atom. The van der Waals surface area contributed by atoms with Gasteiger partial charge in [0.2, 0.25) is 0 Å². The van der Waals surface area contributed by atoms with Crippen LogP contribution in [0.4, 0.5) is 13.2 Å². The molecule has 1 aromatic heterocycles. The quantitative estimate of drug-likeness (QED) is 0.380. The van der Waals surface area contributed by atoms with E-state index in [1.54, 1.807) is 6.07 Å². The van der Waals surface area contributed by atoms with Crippen molar-refractivity contribution < 1.29 is 74.0 Å². The number of alkyl halides is 4. The predicted octanol–water partition coefficient (Wildman–Crippen LogP) is -1.44. The Bertz CT molecular complexity index is 654. The van der Waals surface area contributed by atoms with Gasteiger partial charge in [-0.25, -0.2) is 9.37 Å². The first-order chi connectivity index (χ1) is 9.28. The van der Waals surface area contributed by atoms with Crippen molar-refractivity contribution in [3.05, 3.63) is 42.7 Å². The van der Waals surface area contributed by atoms with Crippen molar-refractivity contribution in [2.24, 2.45) is 0 Å². The van der Waals surface area contributed by atoms with Crippen LogP contribution in [0.15, 0.2) is 42.7 Å². The molecule has 0 radical (unpaired) electrons. The molecule has 2 unspecified atom stereocenters. The van der Waals surface area contributed by atoms with Crippen molar-refractivity contribution in [3.8, 4) is 0 Å². The third-order valence-electron chi connectivity index (χ3n) is 2.56. The normalized spacial score (nSPS) is 15.9. The van der Waals surface area contributed by atoms with Gasteiger partial charge in [-0.05, 0) is 0 Å². The summed E-state index contributed by atoms with van der Waals surface area (Å²) in [4.78, 5) is 15.6. The first kappa shape index (κ1) is 19.4. The van der Waals surface area contributed by atoms with Crippen LogP contribution >= 0.6 is 19.0 Å². The molecule has 2 atom stereocenters. The maximum absolute atomic E-state index is 13.6. The molecule has 2 aromatic rings. The summed E-state index contributed by atoms with van der Waals surface area (Å²) < 4.78 is 52.1.